The second-order valence-electron chi connectivity index (χ2n) is 8.52. The Labute approximate surface area is 203 Å². The fraction of sp³-hybridized carbons (Fsp3) is 0.333. The number of imide groups is 1. The Bertz CT molecular complexity index is 1090. The molecule has 2 aromatic rings. The van der Waals surface area contributed by atoms with Gasteiger partial charge in [0.15, 0.2) is 6.61 Å². The highest BCUT2D eigenvalue weighted by Crippen LogP contribution is 2.36. The summed E-state index contributed by atoms with van der Waals surface area (Å²) < 4.78 is 10.7. The third-order valence-electron chi connectivity index (χ3n) is 6.19. The van der Waals surface area contributed by atoms with Crippen LogP contribution in [0.15, 0.2) is 66.7 Å². The van der Waals surface area contributed by atoms with Gasteiger partial charge in [-0.3, -0.25) is 19.3 Å². The van der Waals surface area contributed by atoms with E-state index >= 15 is 0 Å². The van der Waals surface area contributed by atoms with E-state index in [1.54, 1.807) is 24.3 Å². The maximum Gasteiger partial charge on any atom is 0.330 e. The van der Waals surface area contributed by atoms with E-state index in [0.717, 1.165) is 10.5 Å². The number of benzene rings is 2. The van der Waals surface area contributed by atoms with E-state index in [1.165, 1.54) is 0 Å². The number of carbonyl (C=O) groups is 4. The van der Waals surface area contributed by atoms with Crippen LogP contribution in [0.3, 0.4) is 0 Å². The largest absolute Gasteiger partial charge is 0.494 e. The van der Waals surface area contributed by atoms with Crippen molar-refractivity contribution in [3.8, 4) is 5.75 Å². The number of hydrogen-bond donors (Lipinski definition) is 1. The summed E-state index contributed by atoms with van der Waals surface area (Å²) in [7, 11) is 0. The lowest BCUT2D eigenvalue weighted by atomic mass is 9.85. The highest BCUT2D eigenvalue weighted by molar-refractivity contribution is 6.08. The van der Waals surface area contributed by atoms with E-state index in [4.69, 9.17) is 9.47 Å². The maximum atomic E-state index is 13.1. The maximum absolute atomic E-state index is 13.1. The van der Waals surface area contributed by atoms with Crippen molar-refractivity contribution in [2.24, 2.45) is 11.8 Å². The molecule has 1 N–H and O–H groups in total. The summed E-state index contributed by atoms with van der Waals surface area (Å²) >= 11 is 0. The number of anilines is 1. The van der Waals surface area contributed by atoms with Crippen molar-refractivity contribution in [2.75, 3.05) is 18.5 Å². The van der Waals surface area contributed by atoms with Crippen molar-refractivity contribution in [3.05, 3.63) is 72.3 Å². The minimum atomic E-state index is -1.14. The Hall–Kier alpha value is -3.94. The molecule has 0 radical (unpaired) electrons. The molecule has 1 fully saturated rings. The van der Waals surface area contributed by atoms with E-state index in [0.29, 0.717) is 30.9 Å². The Morgan fingerprint density at radius 2 is 1.60 bits per heavy atom. The normalized spacial score (nSPS) is 19.7. The van der Waals surface area contributed by atoms with Crippen LogP contribution in [0.25, 0.3) is 0 Å². The summed E-state index contributed by atoms with van der Waals surface area (Å²) in [5, 5.41) is 2.66. The first-order valence-corrected chi connectivity index (χ1v) is 11.7. The van der Waals surface area contributed by atoms with Gasteiger partial charge in [-0.15, -0.1) is 0 Å². The number of esters is 1. The standard InChI is InChI=1S/C27H28N2O6/c1-2-34-20-14-12-19(13-15-20)28-24(30)17-35-27(33)23(16-18-8-4-3-5-9-18)29-25(31)21-10-6-7-11-22(21)26(29)32/h3-9,12-15,21-23H,2,10-11,16-17H2,1H3,(H,28,30)/t21-,22+,23-/m1/s1. The monoisotopic (exact) mass is 476 g/mol. The molecular weight excluding hydrogens is 448 g/mol. The van der Waals surface area contributed by atoms with Crippen LogP contribution in [0.1, 0.15) is 25.3 Å². The molecule has 1 aliphatic carbocycles. The van der Waals surface area contributed by atoms with Gasteiger partial charge in [0.2, 0.25) is 11.8 Å². The molecule has 3 amide bonds. The predicted octanol–water partition coefficient (Wildman–Crippen LogP) is 3.13. The Balaban J connectivity index is 1.44. The van der Waals surface area contributed by atoms with Gasteiger partial charge in [-0.2, -0.15) is 0 Å². The molecule has 0 spiro atoms. The van der Waals surface area contributed by atoms with E-state index < -0.39 is 36.4 Å². The molecule has 3 atom stereocenters. The zero-order chi connectivity index (χ0) is 24.8. The average molecular weight is 477 g/mol. The SMILES string of the molecule is CCOc1ccc(NC(=O)COC(=O)[C@@H](Cc2ccccc2)N2C(=O)[C@H]3CC=CC[C@H]3C2=O)cc1. The smallest absolute Gasteiger partial charge is 0.330 e. The van der Waals surface area contributed by atoms with Gasteiger partial charge in [-0.1, -0.05) is 42.5 Å². The van der Waals surface area contributed by atoms with E-state index in [1.807, 2.05) is 49.4 Å². The van der Waals surface area contributed by atoms with Crippen LogP contribution in [0, 0.1) is 11.8 Å². The molecule has 0 aromatic heterocycles. The molecule has 1 heterocycles. The lowest BCUT2D eigenvalue weighted by Crippen LogP contribution is -2.48. The zero-order valence-corrected chi connectivity index (χ0v) is 19.5. The average Bonchev–Trinajstić information content (AvgIpc) is 3.13. The third-order valence-corrected chi connectivity index (χ3v) is 6.19. The lowest BCUT2D eigenvalue weighted by molar-refractivity contribution is -0.159. The van der Waals surface area contributed by atoms with Crippen LogP contribution in [-0.4, -0.2) is 47.8 Å². The molecule has 1 saturated heterocycles. The first-order valence-electron chi connectivity index (χ1n) is 11.7. The van der Waals surface area contributed by atoms with E-state index in [9.17, 15) is 19.2 Å². The molecule has 4 rings (SSSR count). The molecule has 8 nitrogen and oxygen atoms in total. The van der Waals surface area contributed by atoms with Gasteiger partial charge in [0, 0.05) is 12.1 Å². The quantitative estimate of drug-likeness (QED) is 0.339. The van der Waals surface area contributed by atoms with Crippen molar-refractivity contribution in [1.82, 2.24) is 4.90 Å². The molecule has 8 heteroatoms. The van der Waals surface area contributed by atoms with Crippen molar-refractivity contribution in [1.29, 1.82) is 0 Å². The second kappa shape index (κ2) is 11.0. The molecule has 0 saturated carbocycles. The number of ether oxygens (including phenoxy) is 2. The van der Waals surface area contributed by atoms with Crippen molar-refractivity contribution < 1.29 is 28.7 Å². The first kappa shape index (κ1) is 24.2. The number of carbonyl (C=O) groups excluding carboxylic acids is 4. The first-order chi connectivity index (χ1) is 17.0. The highest BCUT2D eigenvalue weighted by atomic mass is 16.5. The molecule has 182 valence electrons. The summed E-state index contributed by atoms with van der Waals surface area (Å²) in [6.07, 6.45) is 4.86. The number of allylic oxidation sites excluding steroid dienone is 2. The molecular formula is C27H28N2O6. The summed E-state index contributed by atoms with van der Waals surface area (Å²) in [6.45, 7) is 1.87. The molecule has 0 unspecified atom stereocenters. The van der Waals surface area contributed by atoms with Crippen LogP contribution in [0.5, 0.6) is 5.75 Å². The Morgan fingerprint density at radius 1 is 0.971 bits per heavy atom. The zero-order valence-electron chi connectivity index (χ0n) is 19.5. The van der Waals surface area contributed by atoms with Gasteiger partial charge < -0.3 is 14.8 Å². The van der Waals surface area contributed by atoms with Crippen molar-refractivity contribution >= 4 is 29.4 Å². The van der Waals surface area contributed by atoms with Crippen LogP contribution >= 0.6 is 0 Å². The van der Waals surface area contributed by atoms with Crippen LogP contribution < -0.4 is 10.1 Å². The minimum absolute atomic E-state index is 0.116. The molecule has 1 aliphatic heterocycles. The van der Waals surface area contributed by atoms with Crippen molar-refractivity contribution in [2.45, 2.75) is 32.2 Å². The second-order valence-corrected chi connectivity index (χ2v) is 8.52. The number of nitrogens with one attached hydrogen (secondary N) is 1. The summed E-state index contributed by atoms with van der Waals surface area (Å²) in [4.78, 5) is 52.8. The number of hydrogen-bond acceptors (Lipinski definition) is 6. The summed E-state index contributed by atoms with van der Waals surface area (Å²) in [5.41, 5.74) is 1.30. The third kappa shape index (κ3) is 5.59. The Kier molecular flexibility index (Phi) is 7.60. The number of amides is 3. The molecule has 2 aromatic carbocycles. The Morgan fingerprint density at radius 3 is 2.20 bits per heavy atom. The topological polar surface area (TPSA) is 102 Å². The van der Waals surface area contributed by atoms with Gasteiger partial charge in [0.25, 0.3) is 5.91 Å². The lowest BCUT2D eigenvalue weighted by Gasteiger charge is -2.25. The van der Waals surface area contributed by atoms with Gasteiger partial charge >= 0.3 is 5.97 Å². The number of fused-ring (bicyclic) bond motifs is 1. The summed E-state index contributed by atoms with van der Waals surface area (Å²) in [6, 6.07) is 14.8. The van der Waals surface area contributed by atoms with Gasteiger partial charge in [0.05, 0.1) is 18.4 Å². The van der Waals surface area contributed by atoms with E-state index in [2.05, 4.69) is 5.32 Å². The van der Waals surface area contributed by atoms with E-state index in [-0.39, 0.29) is 18.2 Å². The summed E-state index contributed by atoms with van der Waals surface area (Å²) in [5.74, 6) is -2.27. The minimum Gasteiger partial charge on any atom is -0.494 e. The van der Waals surface area contributed by atoms with Gasteiger partial charge in [0.1, 0.15) is 11.8 Å². The van der Waals surface area contributed by atoms with Crippen molar-refractivity contribution in [3.63, 3.8) is 0 Å². The van der Waals surface area contributed by atoms with Crippen LogP contribution in [-0.2, 0) is 30.3 Å². The number of nitrogens with zero attached hydrogens (tertiary/aromatic N) is 1. The fourth-order valence-corrected chi connectivity index (χ4v) is 4.48. The number of likely N-dealkylation sites (tertiary alicyclic amines) is 1. The van der Waals surface area contributed by atoms with Gasteiger partial charge in [-0.05, 0) is 49.6 Å². The molecule has 35 heavy (non-hydrogen) atoms. The van der Waals surface area contributed by atoms with Crippen LogP contribution in [0.4, 0.5) is 5.69 Å². The molecule has 0 bridgehead atoms. The van der Waals surface area contributed by atoms with Gasteiger partial charge in [-0.25, -0.2) is 4.79 Å². The molecule has 2 aliphatic rings. The predicted molar refractivity (Wildman–Crippen MR) is 128 cm³/mol. The van der Waals surface area contributed by atoms with Crippen LogP contribution in [0.2, 0.25) is 0 Å². The fourth-order valence-electron chi connectivity index (χ4n) is 4.48. The highest BCUT2D eigenvalue weighted by Gasteiger charge is 2.51. The number of rotatable bonds is 9.